The van der Waals surface area contributed by atoms with Crippen molar-refractivity contribution in [3.63, 3.8) is 0 Å². The fraction of sp³-hybridized carbons (Fsp3) is 0.348. The summed E-state index contributed by atoms with van der Waals surface area (Å²) in [5.74, 6) is -0.138. The molecule has 34 heavy (non-hydrogen) atoms. The van der Waals surface area contributed by atoms with Gasteiger partial charge in [-0.3, -0.25) is 0 Å². The highest BCUT2D eigenvalue weighted by Gasteiger charge is 2.61. The Morgan fingerprint density at radius 1 is 1.21 bits per heavy atom. The van der Waals surface area contributed by atoms with Crippen LogP contribution in [-0.4, -0.2) is 47.5 Å². The Morgan fingerprint density at radius 3 is 2.85 bits per heavy atom. The Morgan fingerprint density at radius 2 is 2.03 bits per heavy atom. The van der Waals surface area contributed by atoms with Gasteiger partial charge in [0, 0.05) is 11.6 Å². The molecule has 1 aliphatic carbocycles. The van der Waals surface area contributed by atoms with E-state index in [1.165, 1.54) is 18.5 Å². The number of hydrogen-bond donors (Lipinski definition) is 4. The van der Waals surface area contributed by atoms with E-state index in [-0.39, 0.29) is 16.8 Å². The third-order valence-electron chi connectivity index (χ3n) is 7.14. The molecule has 3 aromatic heterocycles. The van der Waals surface area contributed by atoms with Crippen LogP contribution in [0.3, 0.4) is 0 Å². The number of halogens is 2. The minimum Gasteiger partial charge on any atom is -0.385 e. The Labute approximate surface area is 198 Å². The van der Waals surface area contributed by atoms with Crippen molar-refractivity contribution >= 4 is 45.2 Å². The zero-order valence-corrected chi connectivity index (χ0v) is 18.7. The standard InChI is InChI=1S/C23H22ClFN6O3/c24-14-8-13-15(25)6-10(7-16(13)30-20(14)27)5-11-1-3-23(33)17(32)22(34-18(11)23)31-4-2-12-19(26)28-9-29-21(12)31/h2,4,6-9,11,17-18,22,32-33H,1,3,5H2,(H2,27,30)(H2,26,28,29)/t11-,17?,18+,22+,23-/m0/s1. The van der Waals surface area contributed by atoms with Crippen LogP contribution in [0.15, 0.2) is 36.8 Å². The summed E-state index contributed by atoms with van der Waals surface area (Å²) in [5.41, 5.74) is 11.9. The molecule has 1 saturated heterocycles. The third kappa shape index (κ3) is 3.06. The average Bonchev–Trinajstić information content (AvgIpc) is 3.43. The number of anilines is 2. The lowest BCUT2D eigenvalue weighted by Crippen LogP contribution is -2.45. The fourth-order valence-electron chi connectivity index (χ4n) is 5.46. The number of aliphatic hydroxyl groups is 2. The first-order valence-corrected chi connectivity index (χ1v) is 11.3. The Balaban J connectivity index is 1.31. The van der Waals surface area contributed by atoms with Crippen LogP contribution in [-0.2, 0) is 11.2 Å². The predicted octanol–water partition coefficient (Wildman–Crippen LogP) is 2.58. The van der Waals surface area contributed by atoms with Gasteiger partial charge < -0.3 is 31.0 Å². The maximum absolute atomic E-state index is 14.8. The van der Waals surface area contributed by atoms with Gasteiger partial charge in [-0.25, -0.2) is 19.3 Å². The van der Waals surface area contributed by atoms with Crippen LogP contribution in [0.4, 0.5) is 16.0 Å². The molecule has 4 aromatic rings. The number of benzene rings is 1. The third-order valence-corrected chi connectivity index (χ3v) is 7.44. The van der Waals surface area contributed by atoms with Gasteiger partial charge in [0.15, 0.2) is 6.23 Å². The van der Waals surface area contributed by atoms with Gasteiger partial charge in [-0.1, -0.05) is 11.6 Å². The molecule has 11 heteroatoms. The zero-order chi connectivity index (χ0) is 23.8. The first kappa shape index (κ1) is 21.5. The van der Waals surface area contributed by atoms with Crippen molar-refractivity contribution in [3.8, 4) is 0 Å². The number of hydrogen-bond acceptors (Lipinski definition) is 8. The van der Waals surface area contributed by atoms with Gasteiger partial charge in [-0.15, -0.1) is 0 Å². The van der Waals surface area contributed by atoms with Crippen molar-refractivity contribution in [1.82, 2.24) is 19.5 Å². The molecule has 1 unspecified atom stereocenters. The molecule has 2 fully saturated rings. The molecule has 6 rings (SSSR count). The van der Waals surface area contributed by atoms with Crippen LogP contribution < -0.4 is 11.5 Å². The summed E-state index contributed by atoms with van der Waals surface area (Å²) in [7, 11) is 0. The average molecular weight is 485 g/mol. The summed E-state index contributed by atoms with van der Waals surface area (Å²) in [6.07, 6.45) is 1.79. The first-order chi connectivity index (χ1) is 16.3. The SMILES string of the molecule is Nc1nc2cc(C[C@@H]3CC[C@]4(O)C(O)[C@H](n5ccc6c(N)ncnc65)O[C@H]34)cc(F)c2cc1Cl. The van der Waals surface area contributed by atoms with E-state index in [2.05, 4.69) is 15.0 Å². The lowest BCUT2D eigenvalue weighted by Gasteiger charge is -2.26. The van der Waals surface area contributed by atoms with Gasteiger partial charge in [0.2, 0.25) is 0 Å². The Bertz CT molecular complexity index is 1450. The van der Waals surface area contributed by atoms with Gasteiger partial charge in [0.05, 0.1) is 22.0 Å². The van der Waals surface area contributed by atoms with Gasteiger partial charge in [-0.2, -0.15) is 0 Å². The molecule has 176 valence electrons. The summed E-state index contributed by atoms with van der Waals surface area (Å²) < 4.78 is 22.7. The number of nitrogens with zero attached hydrogens (tertiary/aromatic N) is 4. The second-order valence-corrected chi connectivity index (χ2v) is 9.51. The highest BCUT2D eigenvalue weighted by molar-refractivity contribution is 6.33. The number of nitrogens with two attached hydrogens (primary N) is 2. The number of rotatable bonds is 3. The zero-order valence-electron chi connectivity index (χ0n) is 17.9. The lowest BCUT2D eigenvalue weighted by molar-refractivity contribution is -0.0675. The van der Waals surface area contributed by atoms with Crippen LogP contribution in [0.2, 0.25) is 5.02 Å². The van der Waals surface area contributed by atoms with Crippen molar-refractivity contribution in [2.24, 2.45) is 5.92 Å². The van der Waals surface area contributed by atoms with Gasteiger partial charge >= 0.3 is 0 Å². The van der Waals surface area contributed by atoms with Gasteiger partial charge in [0.1, 0.15) is 41.1 Å². The molecule has 0 bridgehead atoms. The van der Waals surface area contributed by atoms with E-state index >= 15 is 0 Å². The molecule has 9 nitrogen and oxygen atoms in total. The maximum atomic E-state index is 14.8. The normalized spacial score (nSPS) is 28.7. The number of aliphatic hydroxyl groups excluding tert-OH is 1. The lowest BCUT2D eigenvalue weighted by atomic mass is 9.90. The van der Waals surface area contributed by atoms with Crippen molar-refractivity contribution in [3.05, 3.63) is 53.2 Å². The Hall–Kier alpha value is -3.05. The number of fused-ring (bicyclic) bond motifs is 3. The number of pyridine rings is 1. The summed E-state index contributed by atoms with van der Waals surface area (Å²) in [5, 5.41) is 23.6. The van der Waals surface area contributed by atoms with Crippen LogP contribution >= 0.6 is 11.6 Å². The van der Waals surface area contributed by atoms with Crippen molar-refractivity contribution in [2.75, 3.05) is 11.5 Å². The van der Waals surface area contributed by atoms with E-state index in [4.69, 9.17) is 27.8 Å². The van der Waals surface area contributed by atoms with E-state index in [9.17, 15) is 14.6 Å². The van der Waals surface area contributed by atoms with Crippen molar-refractivity contribution in [2.45, 2.75) is 43.3 Å². The summed E-state index contributed by atoms with van der Waals surface area (Å²) in [6.45, 7) is 0. The number of ether oxygens (including phenoxy) is 1. The van der Waals surface area contributed by atoms with Gasteiger partial charge in [-0.05, 0) is 55.0 Å². The highest BCUT2D eigenvalue weighted by Crippen LogP contribution is 2.50. The largest absolute Gasteiger partial charge is 0.385 e. The molecule has 5 atom stereocenters. The molecule has 1 aliphatic heterocycles. The molecule has 0 amide bonds. The molecular weight excluding hydrogens is 463 g/mol. The van der Waals surface area contributed by atoms with E-state index < -0.39 is 29.9 Å². The van der Waals surface area contributed by atoms with E-state index in [1.54, 1.807) is 22.9 Å². The Kier molecular flexibility index (Phi) is 4.72. The molecule has 4 heterocycles. The monoisotopic (exact) mass is 484 g/mol. The summed E-state index contributed by atoms with van der Waals surface area (Å²) in [4.78, 5) is 12.5. The quantitative estimate of drug-likeness (QED) is 0.347. The topological polar surface area (TPSA) is 145 Å². The first-order valence-electron chi connectivity index (χ1n) is 10.9. The minimum absolute atomic E-state index is 0.134. The second-order valence-electron chi connectivity index (χ2n) is 9.11. The fourth-order valence-corrected chi connectivity index (χ4v) is 5.61. The van der Waals surface area contributed by atoms with Crippen molar-refractivity contribution in [1.29, 1.82) is 0 Å². The maximum Gasteiger partial charge on any atom is 0.164 e. The second kappa shape index (κ2) is 7.47. The highest BCUT2D eigenvalue weighted by atomic mass is 35.5. The molecule has 0 radical (unpaired) electrons. The number of aromatic nitrogens is 4. The van der Waals surface area contributed by atoms with Crippen LogP contribution in [0.5, 0.6) is 0 Å². The molecule has 0 spiro atoms. The molecule has 6 N–H and O–H groups in total. The smallest absolute Gasteiger partial charge is 0.164 e. The summed E-state index contributed by atoms with van der Waals surface area (Å²) in [6, 6.07) is 6.42. The molecule has 2 aliphatic rings. The van der Waals surface area contributed by atoms with Crippen LogP contribution in [0, 0.1) is 11.7 Å². The summed E-state index contributed by atoms with van der Waals surface area (Å²) >= 11 is 5.99. The minimum atomic E-state index is -1.43. The predicted molar refractivity (Wildman–Crippen MR) is 124 cm³/mol. The van der Waals surface area contributed by atoms with E-state index in [1.807, 2.05) is 0 Å². The van der Waals surface area contributed by atoms with Gasteiger partial charge in [0.25, 0.3) is 0 Å². The van der Waals surface area contributed by atoms with E-state index in [0.717, 1.165) is 0 Å². The van der Waals surface area contributed by atoms with E-state index in [0.29, 0.717) is 52.6 Å². The molecule has 1 aromatic carbocycles. The molecule has 1 saturated carbocycles. The molecular formula is C23H22ClFN6O3. The number of nitrogen functional groups attached to an aromatic ring is 2. The van der Waals surface area contributed by atoms with Crippen LogP contribution in [0.1, 0.15) is 24.6 Å². The van der Waals surface area contributed by atoms with Crippen molar-refractivity contribution < 1.29 is 19.3 Å². The van der Waals surface area contributed by atoms with Crippen LogP contribution in [0.25, 0.3) is 21.9 Å².